The van der Waals surface area contributed by atoms with Gasteiger partial charge in [-0.3, -0.25) is 4.57 Å². The minimum Gasteiger partial charge on any atom is -1.00 e. The highest BCUT2D eigenvalue weighted by Crippen LogP contribution is 2.35. The van der Waals surface area contributed by atoms with Crippen LogP contribution in [-0.4, -0.2) is 47.6 Å². The van der Waals surface area contributed by atoms with Crippen molar-refractivity contribution < 1.29 is 31.2 Å². The second-order valence-electron chi connectivity index (χ2n) is 9.43. The standard InChI is InChI=1S/C23H50NO3P.ClH/c1-4-5-6-7-8-9-10-11-12-13-14-15-16-17-18-19-21-24(2,3)22-20-23-28(25,26)27;/h4-23H2,1-3H3,(H-,25,26,27);1H. The lowest BCUT2D eigenvalue weighted by Gasteiger charge is -2.30. The second kappa shape index (κ2) is 20.3. The molecule has 0 aromatic heterocycles. The van der Waals surface area contributed by atoms with E-state index in [9.17, 15) is 4.57 Å². The summed E-state index contributed by atoms with van der Waals surface area (Å²) in [6.07, 6.45) is 22.9. The number of rotatable bonds is 21. The van der Waals surface area contributed by atoms with Crippen molar-refractivity contribution in [1.82, 2.24) is 0 Å². The quantitative estimate of drug-likeness (QED) is 0.157. The van der Waals surface area contributed by atoms with Gasteiger partial charge in [-0.2, -0.15) is 0 Å². The highest BCUT2D eigenvalue weighted by atomic mass is 35.5. The zero-order valence-corrected chi connectivity index (χ0v) is 21.4. The van der Waals surface area contributed by atoms with Crippen molar-refractivity contribution in [3.8, 4) is 0 Å². The van der Waals surface area contributed by atoms with Crippen LogP contribution in [0.15, 0.2) is 0 Å². The summed E-state index contributed by atoms with van der Waals surface area (Å²) in [6.45, 7) is 4.24. The van der Waals surface area contributed by atoms with E-state index in [4.69, 9.17) is 9.79 Å². The van der Waals surface area contributed by atoms with Crippen LogP contribution in [0.25, 0.3) is 0 Å². The molecule has 0 rings (SSSR count). The van der Waals surface area contributed by atoms with Gasteiger partial charge in [0, 0.05) is 6.42 Å². The maximum atomic E-state index is 10.9. The fourth-order valence-corrected chi connectivity index (χ4v) is 4.46. The summed E-state index contributed by atoms with van der Waals surface area (Å²) >= 11 is 0. The van der Waals surface area contributed by atoms with E-state index >= 15 is 0 Å². The van der Waals surface area contributed by atoms with Gasteiger partial charge < -0.3 is 26.7 Å². The predicted molar refractivity (Wildman–Crippen MR) is 123 cm³/mol. The molecule has 0 fully saturated rings. The molecule has 0 saturated heterocycles. The smallest absolute Gasteiger partial charge is 0.325 e. The average Bonchev–Trinajstić information content (AvgIpc) is 2.60. The number of unbranched alkanes of at least 4 members (excludes halogenated alkanes) is 15. The third-order valence-electron chi connectivity index (χ3n) is 5.83. The topological polar surface area (TPSA) is 57.5 Å². The molecule has 178 valence electrons. The zero-order valence-electron chi connectivity index (χ0n) is 19.7. The monoisotopic (exact) mass is 455 g/mol. The van der Waals surface area contributed by atoms with E-state index in [1.165, 1.54) is 103 Å². The lowest BCUT2D eigenvalue weighted by molar-refractivity contribution is -0.890. The lowest BCUT2D eigenvalue weighted by atomic mass is 10.0. The predicted octanol–water partition coefficient (Wildman–Crippen LogP) is 3.90. The maximum Gasteiger partial charge on any atom is 0.325 e. The van der Waals surface area contributed by atoms with Crippen LogP contribution in [0.5, 0.6) is 0 Å². The van der Waals surface area contributed by atoms with Gasteiger partial charge in [0.1, 0.15) is 0 Å². The maximum absolute atomic E-state index is 10.9. The van der Waals surface area contributed by atoms with E-state index in [0.29, 0.717) is 6.42 Å². The normalized spacial score (nSPS) is 12.2. The van der Waals surface area contributed by atoms with Crippen LogP contribution in [0.2, 0.25) is 0 Å². The van der Waals surface area contributed by atoms with Gasteiger partial charge in [-0.05, 0) is 12.8 Å². The largest absolute Gasteiger partial charge is 1.00 e. The van der Waals surface area contributed by atoms with Crippen LogP contribution in [0.4, 0.5) is 0 Å². The Morgan fingerprint density at radius 3 is 1.24 bits per heavy atom. The molecule has 0 unspecified atom stereocenters. The molecule has 0 aliphatic rings. The summed E-state index contributed by atoms with van der Waals surface area (Å²) in [4.78, 5) is 17.9. The molecule has 0 atom stereocenters. The van der Waals surface area contributed by atoms with E-state index in [0.717, 1.165) is 17.6 Å². The van der Waals surface area contributed by atoms with E-state index in [-0.39, 0.29) is 18.6 Å². The molecule has 29 heavy (non-hydrogen) atoms. The molecule has 0 spiro atoms. The van der Waals surface area contributed by atoms with Crippen molar-refractivity contribution in [2.24, 2.45) is 0 Å². The number of nitrogens with zero attached hydrogens (tertiary/aromatic N) is 1. The third-order valence-corrected chi connectivity index (χ3v) is 6.73. The first-order valence-corrected chi connectivity index (χ1v) is 13.9. The van der Waals surface area contributed by atoms with Crippen molar-refractivity contribution in [2.45, 2.75) is 116 Å². The van der Waals surface area contributed by atoms with Crippen LogP contribution in [0.1, 0.15) is 116 Å². The Morgan fingerprint density at radius 2 is 0.897 bits per heavy atom. The van der Waals surface area contributed by atoms with E-state index in [1.54, 1.807) is 0 Å². The van der Waals surface area contributed by atoms with Crippen molar-refractivity contribution in [3.63, 3.8) is 0 Å². The molecule has 0 aromatic rings. The van der Waals surface area contributed by atoms with Crippen LogP contribution >= 0.6 is 7.60 Å². The molecule has 0 aromatic carbocycles. The molecule has 0 aliphatic carbocycles. The van der Waals surface area contributed by atoms with Gasteiger partial charge in [-0.25, -0.2) is 0 Å². The van der Waals surface area contributed by atoms with Crippen LogP contribution in [0, 0.1) is 0 Å². The SMILES string of the molecule is CCCCCCCCCCCCCCCCCC[N+](C)(C)CCCP(=O)(O)O.[Cl-]. The summed E-state index contributed by atoms with van der Waals surface area (Å²) in [7, 11) is 0.517. The molecule has 0 radical (unpaired) electrons. The van der Waals surface area contributed by atoms with Crippen LogP contribution in [0.3, 0.4) is 0 Å². The zero-order chi connectivity index (χ0) is 21.1. The Bertz CT molecular complexity index is 388. The number of halogens is 1. The van der Waals surface area contributed by atoms with Crippen LogP contribution in [-0.2, 0) is 4.57 Å². The van der Waals surface area contributed by atoms with E-state index in [2.05, 4.69) is 21.0 Å². The summed E-state index contributed by atoms with van der Waals surface area (Å²) in [5.41, 5.74) is 0. The summed E-state index contributed by atoms with van der Waals surface area (Å²) in [5.74, 6) is 0. The van der Waals surface area contributed by atoms with E-state index in [1.807, 2.05) is 0 Å². The molecular formula is C23H51ClNO3P. The number of hydrogen-bond donors (Lipinski definition) is 2. The van der Waals surface area contributed by atoms with Crippen molar-refractivity contribution in [2.75, 3.05) is 33.3 Å². The molecule has 0 bridgehead atoms. The fraction of sp³-hybridized carbons (Fsp3) is 1.00. The molecule has 0 saturated carbocycles. The Labute approximate surface area is 188 Å². The van der Waals surface area contributed by atoms with Gasteiger partial charge >= 0.3 is 7.60 Å². The summed E-state index contributed by atoms with van der Waals surface area (Å²) < 4.78 is 11.8. The molecule has 0 amide bonds. The second-order valence-corrected chi connectivity index (χ2v) is 11.2. The molecule has 4 nitrogen and oxygen atoms in total. The summed E-state index contributed by atoms with van der Waals surface area (Å²) in [5, 5.41) is 0. The van der Waals surface area contributed by atoms with E-state index < -0.39 is 7.60 Å². The minimum atomic E-state index is -3.83. The van der Waals surface area contributed by atoms with Crippen molar-refractivity contribution in [3.05, 3.63) is 0 Å². The molecular weight excluding hydrogens is 405 g/mol. The Balaban J connectivity index is 0. The van der Waals surface area contributed by atoms with Gasteiger partial charge in [0.05, 0.1) is 33.3 Å². The van der Waals surface area contributed by atoms with Crippen LogP contribution < -0.4 is 12.4 Å². The fourth-order valence-electron chi connectivity index (χ4n) is 3.90. The average molecular weight is 456 g/mol. The van der Waals surface area contributed by atoms with Gasteiger partial charge in [0.15, 0.2) is 0 Å². The molecule has 2 N–H and O–H groups in total. The third kappa shape index (κ3) is 26.4. The Morgan fingerprint density at radius 1 is 0.586 bits per heavy atom. The molecule has 0 heterocycles. The Hall–Kier alpha value is 0.400. The first-order chi connectivity index (χ1) is 13.3. The highest BCUT2D eigenvalue weighted by Gasteiger charge is 2.18. The van der Waals surface area contributed by atoms with Crippen molar-refractivity contribution >= 4 is 7.60 Å². The Kier molecular flexibility index (Phi) is 22.1. The van der Waals surface area contributed by atoms with Gasteiger partial charge in [0.25, 0.3) is 0 Å². The van der Waals surface area contributed by atoms with Gasteiger partial charge in [0.2, 0.25) is 0 Å². The molecule has 0 aliphatic heterocycles. The first kappa shape index (κ1) is 31.6. The van der Waals surface area contributed by atoms with Gasteiger partial charge in [-0.1, -0.05) is 96.8 Å². The number of hydrogen-bond acceptors (Lipinski definition) is 1. The molecule has 6 heteroatoms. The van der Waals surface area contributed by atoms with Gasteiger partial charge in [-0.15, -0.1) is 0 Å². The minimum absolute atomic E-state index is 0. The number of quaternary nitrogens is 1. The summed E-state index contributed by atoms with van der Waals surface area (Å²) in [6, 6.07) is 0. The van der Waals surface area contributed by atoms with Crippen molar-refractivity contribution in [1.29, 1.82) is 0 Å². The lowest BCUT2D eigenvalue weighted by Crippen LogP contribution is -3.00. The highest BCUT2D eigenvalue weighted by molar-refractivity contribution is 7.51. The first-order valence-electron chi connectivity index (χ1n) is 12.1.